The van der Waals surface area contributed by atoms with E-state index < -0.39 is 5.60 Å². The molecule has 0 fully saturated rings. The number of hydrogen-bond acceptors (Lipinski definition) is 3. The van der Waals surface area contributed by atoms with Gasteiger partial charge in [0.1, 0.15) is 12.4 Å². The maximum atomic E-state index is 12.1. The molecule has 1 atom stereocenters. The molecule has 20 heavy (non-hydrogen) atoms. The van der Waals surface area contributed by atoms with Gasteiger partial charge in [-0.1, -0.05) is 17.7 Å². The SMILES string of the molecule is Cc1ccc2c(c1)C(NC(=O)N(C)CC(C)(C)O)CO2. The highest BCUT2D eigenvalue weighted by Gasteiger charge is 2.27. The molecule has 110 valence electrons. The Hall–Kier alpha value is -1.75. The summed E-state index contributed by atoms with van der Waals surface area (Å²) in [5.41, 5.74) is 1.24. The molecule has 1 aromatic carbocycles. The van der Waals surface area contributed by atoms with Crippen LogP contribution in [0.3, 0.4) is 0 Å². The summed E-state index contributed by atoms with van der Waals surface area (Å²) in [4.78, 5) is 13.6. The molecule has 0 aliphatic carbocycles. The van der Waals surface area contributed by atoms with Gasteiger partial charge in [0.05, 0.1) is 18.2 Å². The third kappa shape index (κ3) is 3.42. The summed E-state index contributed by atoms with van der Waals surface area (Å²) in [6.07, 6.45) is 0. The van der Waals surface area contributed by atoms with E-state index in [-0.39, 0.29) is 18.6 Å². The predicted octanol–water partition coefficient (Wildman–Crippen LogP) is 1.84. The van der Waals surface area contributed by atoms with Crippen LogP contribution in [0.1, 0.15) is 31.0 Å². The molecular weight excluding hydrogens is 256 g/mol. The lowest BCUT2D eigenvalue weighted by molar-refractivity contribution is 0.0526. The number of amides is 2. The summed E-state index contributed by atoms with van der Waals surface area (Å²) in [6.45, 7) is 6.08. The van der Waals surface area contributed by atoms with Gasteiger partial charge in [0, 0.05) is 12.6 Å². The van der Waals surface area contributed by atoms with Crippen LogP contribution in [0.4, 0.5) is 4.79 Å². The quantitative estimate of drug-likeness (QED) is 0.887. The molecule has 0 saturated carbocycles. The van der Waals surface area contributed by atoms with Crippen molar-refractivity contribution in [2.75, 3.05) is 20.2 Å². The van der Waals surface area contributed by atoms with Crippen LogP contribution in [0.5, 0.6) is 5.75 Å². The number of likely N-dealkylation sites (N-methyl/N-ethyl adjacent to an activating group) is 1. The second-order valence-electron chi connectivity index (χ2n) is 6.02. The summed E-state index contributed by atoms with van der Waals surface area (Å²) < 4.78 is 5.56. The Balaban J connectivity index is 2.02. The zero-order valence-corrected chi connectivity index (χ0v) is 12.4. The van der Waals surface area contributed by atoms with E-state index in [4.69, 9.17) is 4.74 Å². The highest BCUT2D eigenvalue weighted by molar-refractivity contribution is 5.75. The fourth-order valence-electron chi connectivity index (χ4n) is 2.37. The van der Waals surface area contributed by atoms with Crippen LogP contribution < -0.4 is 10.1 Å². The molecule has 1 aromatic rings. The lowest BCUT2D eigenvalue weighted by atomic mass is 10.1. The molecule has 1 aliphatic heterocycles. The first-order valence-corrected chi connectivity index (χ1v) is 6.73. The normalized spacial score (nSPS) is 17.4. The molecular formula is C15H22N2O3. The Morgan fingerprint density at radius 1 is 1.55 bits per heavy atom. The lowest BCUT2D eigenvalue weighted by Gasteiger charge is -2.26. The van der Waals surface area contributed by atoms with E-state index in [9.17, 15) is 9.90 Å². The number of fused-ring (bicyclic) bond motifs is 1. The van der Waals surface area contributed by atoms with Crippen LogP contribution in [0.2, 0.25) is 0 Å². The van der Waals surface area contributed by atoms with Crippen LogP contribution in [0, 0.1) is 6.92 Å². The second-order valence-corrected chi connectivity index (χ2v) is 6.02. The second kappa shape index (κ2) is 5.32. The largest absolute Gasteiger partial charge is 0.491 e. The Morgan fingerprint density at radius 3 is 2.90 bits per heavy atom. The van der Waals surface area contributed by atoms with E-state index >= 15 is 0 Å². The maximum absolute atomic E-state index is 12.1. The van der Waals surface area contributed by atoms with E-state index in [0.717, 1.165) is 16.9 Å². The van der Waals surface area contributed by atoms with Gasteiger partial charge < -0.3 is 20.1 Å². The first-order valence-electron chi connectivity index (χ1n) is 6.73. The van der Waals surface area contributed by atoms with Gasteiger partial charge in [-0.3, -0.25) is 0 Å². The maximum Gasteiger partial charge on any atom is 0.317 e. The molecule has 1 aliphatic rings. The number of carbonyl (C=O) groups is 1. The summed E-state index contributed by atoms with van der Waals surface area (Å²) in [5, 5.41) is 12.7. The smallest absolute Gasteiger partial charge is 0.317 e. The van der Waals surface area contributed by atoms with Crippen molar-refractivity contribution in [1.82, 2.24) is 10.2 Å². The number of nitrogens with one attached hydrogen (secondary N) is 1. The van der Waals surface area contributed by atoms with Crippen molar-refractivity contribution < 1.29 is 14.6 Å². The molecule has 0 aromatic heterocycles. The molecule has 2 rings (SSSR count). The molecule has 5 nitrogen and oxygen atoms in total. The predicted molar refractivity (Wildman–Crippen MR) is 76.9 cm³/mol. The van der Waals surface area contributed by atoms with Gasteiger partial charge in [0.2, 0.25) is 0 Å². The van der Waals surface area contributed by atoms with Crippen molar-refractivity contribution in [2.24, 2.45) is 0 Å². The lowest BCUT2D eigenvalue weighted by Crippen LogP contribution is -2.45. The monoisotopic (exact) mass is 278 g/mol. The molecule has 2 N–H and O–H groups in total. The number of carbonyl (C=O) groups excluding carboxylic acids is 1. The first-order chi connectivity index (χ1) is 9.26. The number of ether oxygens (including phenoxy) is 1. The number of rotatable bonds is 3. The molecule has 5 heteroatoms. The molecule has 0 spiro atoms. The van der Waals surface area contributed by atoms with Gasteiger partial charge in [-0.2, -0.15) is 0 Å². The standard InChI is InChI=1S/C15H22N2O3/c1-10-5-6-13-11(7-10)12(8-20-13)16-14(18)17(4)9-15(2,3)19/h5-7,12,19H,8-9H2,1-4H3,(H,16,18). The summed E-state index contributed by atoms with van der Waals surface area (Å²) in [7, 11) is 1.67. The van der Waals surface area contributed by atoms with Crippen LogP contribution in [-0.4, -0.2) is 41.8 Å². The van der Waals surface area contributed by atoms with Crippen molar-refractivity contribution in [2.45, 2.75) is 32.4 Å². The summed E-state index contributed by atoms with van der Waals surface area (Å²) in [6, 6.07) is 5.60. The van der Waals surface area contributed by atoms with Crippen molar-refractivity contribution >= 4 is 6.03 Å². The molecule has 2 amide bonds. The Bertz CT molecular complexity index is 508. The Morgan fingerprint density at radius 2 is 2.25 bits per heavy atom. The zero-order valence-electron chi connectivity index (χ0n) is 12.4. The van der Waals surface area contributed by atoms with Crippen LogP contribution in [-0.2, 0) is 0 Å². The number of aryl methyl sites for hydroxylation is 1. The van der Waals surface area contributed by atoms with Gasteiger partial charge in [0.15, 0.2) is 0 Å². The molecule has 1 heterocycles. The molecule has 0 bridgehead atoms. The Kier molecular flexibility index (Phi) is 3.90. The number of nitrogens with zero attached hydrogens (tertiary/aromatic N) is 1. The Labute approximate surface area is 119 Å². The van der Waals surface area contributed by atoms with Gasteiger partial charge in [-0.25, -0.2) is 4.79 Å². The van der Waals surface area contributed by atoms with Crippen molar-refractivity contribution in [3.05, 3.63) is 29.3 Å². The molecule has 0 radical (unpaired) electrons. The molecule has 1 unspecified atom stereocenters. The minimum absolute atomic E-state index is 0.137. The van der Waals surface area contributed by atoms with E-state index in [1.807, 2.05) is 25.1 Å². The fraction of sp³-hybridized carbons (Fsp3) is 0.533. The summed E-state index contributed by atoms with van der Waals surface area (Å²) in [5.74, 6) is 0.825. The van der Waals surface area contributed by atoms with Gasteiger partial charge in [-0.05, 0) is 26.8 Å². The average Bonchev–Trinajstić information content (AvgIpc) is 2.69. The van der Waals surface area contributed by atoms with E-state index in [1.165, 1.54) is 4.90 Å². The van der Waals surface area contributed by atoms with E-state index in [0.29, 0.717) is 6.61 Å². The van der Waals surface area contributed by atoms with E-state index in [1.54, 1.807) is 20.9 Å². The fourth-order valence-corrected chi connectivity index (χ4v) is 2.37. The van der Waals surface area contributed by atoms with Crippen molar-refractivity contribution in [3.63, 3.8) is 0 Å². The number of hydrogen-bond donors (Lipinski definition) is 2. The minimum atomic E-state index is -0.910. The minimum Gasteiger partial charge on any atom is -0.491 e. The average molecular weight is 278 g/mol. The van der Waals surface area contributed by atoms with E-state index in [2.05, 4.69) is 5.32 Å². The first kappa shape index (κ1) is 14.7. The topological polar surface area (TPSA) is 61.8 Å². The van der Waals surface area contributed by atoms with Crippen molar-refractivity contribution in [1.29, 1.82) is 0 Å². The van der Waals surface area contributed by atoms with Crippen LogP contribution >= 0.6 is 0 Å². The van der Waals surface area contributed by atoms with Gasteiger partial charge in [-0.15, -0.1) is 0 Å². The number of urea groups is 1. The van der Waals surface area contributed by atoms with Crippen LogP contribution in [0.15, 0.2) is 18.2 Å². The van der Waals surface area contributed by atoms with Gasteiger partial charge in [0.25, 0.3) is 0 Å². The van der Waals surface area contributed by atoms with Crippen molar-refractivity contribution in [3.8, 4) is 5.75 Å². The highest BCUT2D eigenvalue weighted by atomic mass is 16.5. The third-order valence-electron chi connectivity index (χ3n) is 3.21. The number of benzene rings is 1. The molecule has 0 saturated heterocycles. The third-order valence-corrected chi connectivity index (χ3v) is 3.21. The summed E-state index contributed by atoms with van der Waals surface area (Å²) >= 11 is 0. The van der Waals surface area contributed by atoms with Gasteiger partial charge >= 0.3 is 6.03 Å². The number of aliphatic hydroxyl groups is 1. The zero-order chi connectivity index (χ0) is 14.9. The highest BCUT2D eigenvalue weighted by Crippen LogP contribution is 2.32. The van der Waals surface area contributed by atoms with Crippen LogP contribution in [0.25, 0.3) is 0 Å².